The molecule has 1 heterocycles. The van der Waals surface area contributed by atoms with Crippen LogP contribution in [0.3, 0.4) is 0 Å². The van der Waals surface area contributed by atoms with E-state index in [0.29, 0.717) is 11.8 Å². The third kappa shape index (κ3) is 3.49. The summed E-state index contributed by atoms with van der Waals surface area (Å²) < 4.78 is 0. The molecule has 2 aromatic carbocycles. The normalized spacial score (nSPS) is 16.9. The fraction of sp³-hybridized carbons (Fsp3) is 0.391. The van der Waals surface area contributed by atoms with Crippen LogP contribution in [-0.2, 0) is 19.3 Å². The van der Waals surface area contributed by atoms with Crippen LogP contribution >= 0.6 is 0 Å². The van der Waals surface area contributed by atoms with Crippen molar-refractivity contribution in [1.82, 2.24) is 9.88 Å². The lowest BCUT2D eigenvalue weighted by Crippen LogP contribution is -2.41. The summed E-state index contributed by atoms with van der Waals surface area (Å²) in [6.07, 6.45) is 5.40. The predicted octanol–water partition coefficient (Wildman–Crippen LogP) is 4.69. The minimum Gasteiger partial charge on any atom is -0.508 e. The Morgan fingerprint density at radius 3 is 2.85 bits per heavy atom. The second-order valence-electron chi connectivity index (χ2n) is 7.48. The van der Waals surface area contributed by atoms with Gasteiger partial charge in [0.15, 0.2) is 0 Å². The van der Waals surface area contributed by atoms with Crippen molar-refractivity contribution < 1.29 is 5.11 Å². The molecule has 136 valence electrons. The SMILES string of the molecule is CCCN(CCc1cc2ccccc2[nH]1)C1CCc2c(O)cccc2C1. The largest absolute Gasteiger partial charge is 0.508 e. The number of aromatic nitrogens is 1. The number of aromatic amines is 1. The quantitative estimate of drug-likeness (QED) is 0.678. The smallest absolute Gasteiger partial charge is 0.119 e. The Morgan fingerprint density at radius 2 is 2.00 bits per heavy atom. The minimum atomic E-state index is 0.473. The Balaban J connectivity index is 1.45. The van der Waals surface area contributed by atoms with E-state index in [1.807, 2.05) is 12.1 Å². The number of phenolic OH excluding ortho intramolecular Hbond substituents is 1. The van der Waals surface area contributed by atoms with Crippen molar-refractivity contribution in [2.75, 3.05) is 13.1 Å². The fourth-order valence-corrected chi connectivity index (χ4v) is 4.38. The zero-order valence-corrected chi connectivity index (χ0v) is 15.5. The maximum absolute atomic E-state index is 10.1. The van der Waals surface area contributed by atoms with Crippen molar-refractivity contribution in [2.45, 2.75) is 45.1 Å². The van der Waals surface area contributed by atoms with Crippen LogP contribution in [0.1, 0.15) is 36.6 Å². The molecular formula is C23H28N2O. The number of nitrogens with zero attached hydrogens (tertiary/aromatic N) is 1. The van der Waals surface area contributed by atoms with Crippen LogP contribution in [0.2, 0.25) is 0 Å². The number of fused-ring (bicyclic) bond motifs is 2. The summed E-state index contributed by atoms with van der Waals surface area (Å²) in [4.78, 5) is 6.21. The molecule has 1 aliphatic carbocycles. The third-order valence-corrected chi connectivity index (χ3v) is 5.71. The maximum atomic E-state index is 10.1. The second-order valence-corrected chi connectivity index (χ2v) is 7.48. The number of H-pyrrole nitrogens is 1. The van der Waals surface area contributed by atoms with Crippen molar-refractivity contribution >= 4 is 10.9 Å². The molecule has 0 radical (unpaired) electrons. The highest BCUT2D eigenvalue weighted by molar-refractivity contribution is 5.80. The molecule has 3 nitrogen and oxygen atoms in total. The molecule has 1 aromatic heterocycles. The number of para-hydroxylation sites is 1. The van der Waals surface area contributed by atoms with E-state index in [1.165, 1.54) is 28.6 Å². The summed E-state index contributed by atoms with van der Waals surface area (Å²) in [5, 5.41) is 11.4. The summed E-state index contributed by atoms with van der Waals surface area (Å²) >= 11 is 0. The van der Waals surface area contributed by atoms with E-state index in [4.69, 9.17) is 0 Å². The molecule has 1 aliphatic rings. The zero-order valence-electron chi connectivity index (χ0n) is 15.5. The highest BCUT2D eigenvalue weighted by Gasteiger charge is 2.25. The molecule has 0 saturated carbocycles. The first kappa shape index (κ1) is 17.2. The average molecular weight is 348 g/mol. The molecule has 0 amide bonds. The van der Waals surface area contributed by atoms with Crippen molar-refractivity contribution in [1.29, 1.82) is 0 Å². The first-order chi connectivity index (χ1) is 12.7. The molecule has 0 aliphatic heterocycles. The summed E-state index contributed by atoms with van der Waals surface area (Å²) in [7, 11) is 0. The van der Waals surface area contributed by atoms with E-state index in [-0.39, 0.29) is 0 Å². The van der Waals surface area contributed by atoms with Gasteiger partial charge in [0, 0.05) is 30.2 Å². The number of rotatable bonds is 6. The Hall–Kier alpha value is -2.26. The molecule has 1 unspecified atom stereocenters. The predicted molar refractivity (Wildman–Crippen MR) is 108 cm³/mol. The average Bonchev–Trinajstić information content (AvgIpc) is 3.08. The van der Waals surface area contributed by atoms with Gasteiger partial charge in [-0.2, -0.15) is 0 Å². The summed E-state index contributed by atoms with van der Waals surface area (Å²) in [5.41, 5.74) is 5.04. The standard InChI is InChI=1S/C23H28N2O/c1-2-13-25(14-12-19-15-18-6-3-4-8-22(18)24-19)20-10-11-21-17(16-20)7-5-9-23(21)26/h3-9,15,20,24,26H,2,10-14,16H2,1H3. The van der Waals surface area contributed by atoms with Gasteiger partial charge in [-0.3, -0.25) is 4.90 Å². The van der Waals surface area contributed by atoms with Crippen LogP contribution in [0, 0.1) is 0 Å². The van der Waals surface area contributed by atoms with Gasteiger partial charge >= 0.3 is 0 Å². The first-order valence-electron chi connectivity index (χ1n) is 9.85. The molecule has 0 bridgehead atoms. The van der Waals surface area contributed by atoms with Crippen molar-refractivity contribution in [2.24, 2.45) is 0 Å². The second kappa shape index (κ2) is 7.55. The van der Waals surface area contributed by atoms with E-state index in [9.17, 15) is 5.11 Å². The zero-order chi connectivity index (χ0) is 17.9. The van der Waals surface area contributed by atoms with E-state index in [0.717, 1.165) is 44.3 Å². The van der Waals surface area contributed by atoms with Crippen LogP contribution in [0.5, 0.6) is 5.75 Å². The van der Waals surface area contributed by atoms with Crippen LogP contribution in [0.4, 0.5) is 0 Å². The monoisotopic (exact) mass is 348 g/mol. The Morgan fingerprint density at radius 1 is 1.12 bits per heavy atom. The number of nitrogens with one attached hydrogen (secondary N) is 1. The van der Waals surface area contributed by atoms with E-state index >= 15 is 0 Å². The molecule has 26 heavy (non-hydrogen) atoms. The molecule has 0 fully saturated rings. The fourth-order valence-electron chi connectivity index (χ4n) is 4.38. The lowest BCUT2D eigenvalue weighted by Gasteiger charge is -2.35. The van der Waals surface area contributed by atoms with Crippen LogP contribution < -0.4 is 0 Å². The lowest BCUT2D eigenvalue weighted by atomic mass is 9.86. The molecule has 3 aromatic rings. The van der Waals surface area contributed by atoms with Crippen molar-refractivity contribution in [3.63, 3.8) is 0 Å². The Bertz CT molecular complexity index is 850. The molecule has 2 N–H and O–H groups in total. The van der Waals surface area contributed by atoms with E-state index in [2.05, 4.69) is 53.2 Å². The van der Waals surface area contributed by atoms with Gasteiger partial charge in [-0.15, -0.1) is 0 Å². The molecule has 0 spiro atoms. The molecule has 3 heteroatoms. The summed E-state index contributed by atoms with van der Waals surface area (Å²) in [6.45, 7) is 4.48. The Kier molecular flexibility index (Phi) is 4.98. The van der Waals surface area contributed by atoms with Gasteiger partial charge in [-0.05, 0) is 66.9 Å². The van der Waals surface area contributed by atoms with Crippen molar-refractivity contribution in [3.05, 3.63) is 65.4 Å². The highest BCUT2D eigenvalue weighted by atomic mass is 16.3. The van der Waals surface area contributed by atoms with E-state index < -0.39 is 0 Å². The summed E-state index contributed by atoms with van der Waals surface area (Å²) in [6, 6.07) is 17.3. The Labute approximate surface area is 155 Å². The number of benzene rings is 2. The topological polar surface area (TPSA) is 39.3 Å². The number of hydrogen-bond donors (Lipinski definition) is 2. The summed E-state index contributed by atoms with van der Waals surface area (Å²) in [5.74, 6) is 0.473. The van der Waals surface area contributed by atoms with Gasteiger partial charge in [-0.25, -0.2) is 0 Å². The minimum absolute atomic E-state index is 0.473. The van der Waals surface area contributed by atoms with Crippen molar-refractivity contribution in [3.8, 4) is 5.75 Å². The van der Waals surface area contributed by atoms with Gasteiger partial charge in [0.05, 0.1) is 0 Å². The third-order valence-electron chi connectivity index (χ3n) is 5.71. The van der Waals surface area contributed by atoms with Crippen LogP contribution in [0.25, 0.3) is 10.9 Å². The number of phenols is 1. The molecule has 0 saturated heterocycles. The number of hydrogen-bond acceptors (Lipinski definition) is 2. The van der Waals surface area contributed by atoms with Crippen LogP contribution in [0.15, 0.2) is 48.5 Å². The first-order valence-corrected chi connectivity index (χ1v) is 9.85. The van der Waals surface area contributed by atoms with Gasteiger partial charge in [0.25, 0.3) is 0 Å². The lowest BCUT2D eigenvalue weighted by molar-refractivity contribution is 0.181. The van der Waals surface area contributed by atoms with E-state index in [1.54, 1.807) is 0 Å². The van der Waals surface area contributed by atoms with Gasteiger partial charge in [0.1, 0.15) is 5.75 Å². The molecule has 1 atom stereocenters. The molecule has 4 rings (SSSR count). The number of aromatic hydroxyl groups is 1. The van der Waals surface area contributed by atoms with Gasteiger partial charge < -0.3 is 10.1 Å². The highest BCUT2D eigenvalue weighted by Crippen LogP contribution is 2.30. The maximum Gasteiger partial charge on any atom is 0.119 e. The van der Waals surface area contributed by atoms with Crippen LogP contribution in [-0.4, -0.2) is 34.1 Å². The van der Waals surface area contributed by atoms with Gasteiger partial charge in [0.2, 0.25) is 0 Å². The molecular weight excluding hydrogens is 320 g/mol. The van der Waals surface area contributed by atoms with Gasteiger partial charge in [-0.1, -0.05) is 37.3 Å².